The molecule has 0 amide bonds. The molecule has 2 fully saturated rings. The normalized spacial score (nSPS) is 40.8. The molecule has 0 aliphatic carbocycles. The van der Waals surface area contributed by atoms with Gasteiger partial charge in [-0.3, -0.25) is 0 Å². The Labute approximate surface area is 67.0 Å². The lowest BCUT2D eigenvalue weighted by Gasteiger charge is -2.15. The van der Waals surface area contributed by atoms with E-state index in [9.17, 15) is 0 Å². The summed E-state index contributed by atoms with van der Waals surface area (Å²) in [6.45, 7) is 2.55. The van der Waals surface area contributed by atoms with E-state index in [1.54, 1.807) is 0 Å². The van der Waals surface area contributed by atoms with Gasteiger partial charge in [0.2, 0.25) is 0 Å². The summed E-state index contributed by atoms with van der Waals surface area (Å²) in [6.07, 6.45) is 4.40. The summed E-state index contributed by atoms with van der Waals surface area (Å²) in [7, 11) is 0. The van der Waals surface area contributed by atoms with E-state index in [-0.39, 0.29) is 0 Å². The van der Waals surface area contributed by atoms with Crippen LogP contribution in [0.3, 0.4) is 0 Å². The van der Waals surface area contributed by atoms with Crippen LogP contribution in [0.25, 0.3) is 0 Å². The van der Waals surface area contributed by atoms with Crippen molar-refractivity contribution in [3.63, 3.8) is 0 Å². The van der Waals surface area contributed by atoms with Crippen molar-refractivity contribution in [2.45, 2.75) is 24.5 Å². The van der Waals surface area contributed by atoms with Crippen molar-refractivity contribution < 1.29 is 0 Å². The molecule has 2 aliphatic heterocycles. The summed E-state index contributed by atoms with van der Waals surface area (Å²) in [5, 5.41) is 4.47. The molecule has 1 nitrogen and oxygen atoms in total. The van der Waals surface area contributed by atoms with E-state index in [0.29, 0.717) is 0 Å². The van der Waals surface area contributed by atoms with Crippen molar-refractivity contribution in [2.75, 3.05) is 18.8 Å². The van der Waals surface area contributed by atoms with Gasteiger partial charge >= 0.3 is 0 Å². The summed E-state index contributed by atoms with van der Waals surface area (Å²) >= 11 is 2.19. The third kappa shape index (κ3) is 1.48. The number of fused-ring (bicyclic) bond motifs is 3. The molecular weight excluding hydrogens is 142 g/mol. The fraction of sp³-hybridized carbons (Fsp3) is 1.00. The quantitative estimate of drug-likeness (QED) is 0.572. The molecule has 1 N–H and O–H groups in total. The van der Waals surface area contributed by atoms with Gasteiger partial charge in [0.1, 0.15) is 0 Å². The second-order valence-electron chi connectivity index (χ2n) is 3.41. The molecule has 0 aromatic rings. The summed E-state index contributed by atoms with van der Waals surface area (Å²) in [6, 6.07) is 0. The maximum Gasteiger partial charge on any atom is 0.0172 e. The second kappa shape index (κ2) is 3.14. The first kappa shape index (κ1) is 6.99. The first-order valence-electron chi connectivity index (χ1n) is 4.27. The van der Waals surface area contributed by atoms with E-state index in [1.807, 2.05) is 0 Å². The molecule has 2 bridgehead atoms. The van der Waals surface area contributed by atoms with Gasteiger partial charge in [-0.1, -0.05) is 6.42 Å². The molecule has 58 valence electrons. The first-order valence-corrected chi connectivity index (χ1v) is 5.32. The average Bonchev–Trinajstić information content (AvgIpc) is 2.17. The Kier molecular flexibility index (Phi) is 2.19. The minimum atomic E-state index is 0.937. The molecule has 2 heteroatoms. The summed E-state index contributed by atoms with van der Waals surface area (Å²) < 4.78 is 0. The number of hydrogen-bond acceptors (Lipinski definition) is 2. The van der Waals surface area contributed by atoms with Crippen molar-refractivity contribution in [2.24, 2.45) is 5.92 Å². The van der Waals surface area contributed by atoms with Gasteiger partial charge in [0.05, 0.1) is 0 Å². The van der Waals surface area contributed by atoms with Gasteiger partial charge in [0.15, 0.2) is 0 Å². The Morgan fingerprint density at radius 3 is 3.20 bits per heavy atom. The van der Waals surface area contributed by atoms with Gasteiger partial charge in [0, 0.05) is 11.8 Å². The monoisotopic (exact) mass is 157 g/mol. The third-order valence-electron chi connectivity index (χ3n) is 2.51. The molecule has 2 rings (SSSR count). The fourth-order valence-corrected chi connectivity index (χ4v) is 3.24. The highest BCUT2D eigenvalue weighted by Crippen LogP contribution is 2.29. The van der Waals surface area contributed by atoms with E-state index in [2.05, 4.69) is 17.1 Å². The van der Waals surface area contributed by atoms with Crippen LogP contribution in [0, 0.1) is 5.92 Å². The molecule has 0 spiro atoms. The zero-order chi connectivity index (χ0) is 6.81. The molecule has 2 saturated heterocycles. The lowest BCUT2D eigenvalue weighted by molar-refractivity contribution is 0.445. The average molecular weight is 157 g/mol. The number of rotatable bonds is 0. The minimum Gasteiger partial charge on any atom is -0.315 e. The number of hydrogen-bond donors (Lipinski definition) is 1. The highest BCUT2D eigenvalue weighted by molar-refractivity contribution is 7.99. The zero-order valence-electron chi connectivity index (χ0n) is 6.31. The Morgan fingerprint density at radius 1 is 1.20 bits per heavy atom. The Hall–Kier alpha value is 0.310. The van der Waals surface area contributed by atoms with E-state index in [4.69, 9.17) is 0 Å². The van der Waals surface area contributed by atoms with E-state index >= 15 is 0 Å². The molecular formula is C8H15NS. The van der Waals surface area contributed by atoms with Crippen LogP contribution in [0.4, 0.5) is 0 Å². The van der Waals surface area contributed by atoms with Crippen molar-refractivity contribution >= 4 is 11.8 Å². The predicted molar refractivity (Wildman–Crippen MR) is 46.5 cm³/mol. The van der Waals surface area contributed by atoms with Gasteiger partial charge in [0.25, 0.3) is 0 Å². The predicted octanol–water partition coefficient (Wildman–Crippen LogP) is 1.49. The molecule has 10 heavy (non-hydrogen) atoms. The van der Waals surface area contributed by atoms with Crippen LogP contribution in [0.15, 0.2) is 0 Å². The Morgan fingerprint density at radius 2 is 2.20 bits per heavy atom. The Bertz CT molecular complexity index is 93.8. The maximum absolute atomic E-state index is 3.53. The first-order chi connectivity index (χ1) is 4.95. The van der Waals surface area contributed by atoms with Crippen LogP contribution >= 0.6 is 11.8 Å². The Balaban J connectivity index is 2.01. The van der Waals surface area contributed by atoms with Crippen LogP contribution < -0.4 is 5.32 Å². The number of nitrogens with one attached hydrogen (secondary N) is 1. The van der Waals surface area contributed by atoms with Gasteiger partial charge in [-0.25, -0.2) is 0 Å². The lowest BCUT2D eigenvalue weighted by Crippen LogP contribution is -2.28. The van der Waals surface area contributed by atoms with Crippen LogP contribution in [0.2, 0.25) is 0 Å². The molecule has 2 heterocycles. The lowest BCUT2D eigenvalue weighted by atomic mass is 10.0. The minimum absolute atomic E-state index is 0.937. The summed E-state index contributed by atoms with van der Waals surface area (Å²) in [5.41, 5.74) is 0. The van der Waals surface area contributed by atoms with E-state index in [1.165, 1.54) is 38.1 Å². The van der Waals surface area contributed by atoms with Crippen molar-refractivity contribution in [1.82, 2.24) is 5.32 Å². The smallest absolute Gasteiger partial charge is 0.0172 e. The van der Waals surface area contributed by atoms with Crippen LogP contribution in [-0.4, -0.2) is 24.1 Å². The molecule has 0 unspecified atom stereocenters. The second-order valence-corrected chi connectivity index (χ2v) is 4.74. The highest BCUT2D eigenvalue weighted by Gasteiger charge is 2.22. The zero-order valence-corrected chi connectivity index (χ0v) is 7.12. The molecule has 0 radical (unpaired) electrons. The topological polar surface area (TPSA) is 12.0 Å². The van der Waals surface area contributed by atoms with E-state index < -0.39 is 0 Å². The molecule has 2 aliphatic rings. The molecule has 2 atom stereocenters. The SMILES string of the molecule is C1C[C@@H]2CNC[C@H](C1)SC2. The largest absolute Gasteiger partial charge is 0.315 e. The molecule has 0 aromatic carbocycles. The van der Waals surface area contributed by atoms with Crippen molar-refractivity contribution in [3.8, 4) is 0 Å². The highest BCUT2D eigenvalue weighted by atomic mass is 32.2. The fourth-order valence-electron chi connectivity index (χ4n) is 1.84. The third-order valence-corrected chi connectivity index (χ3v) is 4.05. The van der Waals surface area contributed by atoms with E-state index in [0.717, 1.165) is 11.2 Å². The van der Waals surface area contributed by atoms with Crippen molar-refractivity contribution in [3.05, 3.63) is 0 Å². The van der Waals surface area contributed by atoms with Crippen molar-refractivity contribution in [1.29, 1.82) is 0 Å². The maximum atomic E-state index is 3.53. The summed E-state index contributed by atoms with van der Waals surface area (Å²) in [5.74, 6) is 2.40. The van der Waals surface area contributed by atoms with Gasteiger partial charge in [-0.2, -0.15) is 11.8 Å². The van der Waals surface area contributed by atoms with Crippen LogP contribution in [-0.2, 0) is 0 Å². The van der Waals surface area contributed by atoms with Gasteiger partial charge in [-0.05, 0) is 31.1 Å². The standard InChI is InChI=1S/C8H15NS/c1-2-7-4-9-5-8(3-1)10-6-7/h7-9H,1-6H2/t7-,8+/m1/s1. The van der Waals surface area contributed by atoms with Gasteiger partial charge < -0.3 is 5.32 Å². The summed E-state index contributed by atoms with van der Waals surface area (Å²) in [4.78, 5) is 0. The number of thioether (sulfide) groups is 1. The van der Waals surface area contributed by atoms with Gasteiger partial charge in [-0.15, -0.1) is 0 Å². The molecule has 0 aromatic heterocycles. The van der Waals surface area contributed by atoms with Crippen LogP contribution in [0.1, 0.15) is 19.3 Å². The molecule has 0 saturated carbocycles. The van der Waals surface area contributed by atoms with Crippen LogP contribution in [0.5, 0.6) is 0 Å².